The summed E-state index contributed by atoms with van der Waals surface area (Å²) in [6.45, 7) is 6.83. The molecule has 6 heteroatoms. The highest BCUT2D eigenvalue weighted by atomic mass is 16.5. The number of benzene rings is 2. The molecular formula is C21H23NO5. The molecule has 2 aromatic rings. The van der Waals surface area contributed by atoms with E-state index in [1.807, 2.05) is 26.0 Å². The molecule has 0 radical (unpaired) electrons. The molecule has 0 saturated heterocycles. The summed E-state index contributed by atoms with van der Waals surface area (Å²) in [5.74, 6) is -1.44. The third-order valence-corrected chi connectivity index (χ3v) is 3.69. The van der Waals surface area contributed by atoms with E-state index in [2.05, 4.69) is 5.32 Å². The number of ether oxygens (including phenoxy) is 2. The first-order chi connectivity index (χ1) is 12.8. The van der Waals surface area contributed by atoms with Crippen molar-refractivity contribution in [2.75, 3.05) is 11.9 Å². The highest BCUT2D eigenvalue weighted by Crippen LogP contribution is 2.13. The van der Waals surface area contributed by atoms with Crippen LogP contribution in [-0.4, -0.2) is 30.6 Å². The number of nitrogens with one attached hydrogen (secondary N) is 1. The fourth-order valence-electron chi connectivity index (χ4n) is 2.33. The molecule has 6 nitrogen and oxygen atoms in total. The van der Waals surface area contributed by atoms with Gasteiger partial charge in [-0.05, 0) is 63.6 Å². The molecule has 0 heterocycles. The number of carbonyl (C=O) groups excluding carboxylic acids is 3. The number of aryl methyl sites for hydroxylation is 2. The molecule has 0 aliphatic rings. The summed E-state index contributed by atoms with van der Waals surface area (Å²) >= 11 is 0. The van der Waals surface area contributed by atoms with E-state index in [0.717, 1.165) is 11.1 Å². The standard InChI is InChI=1S/C21H23NO5/c1-13(2)27-20(24)16-7-9-17(10-8-16)22-19(23)12-26-21(25)18-11-14(3)5-6-15(18)4/h5-11,13H,12H2,1-4H3,(H,22,23). The Morgan fingerprint density at radius 2 is 1.63 bits per heavy atom. The lowest BCUT2D eigenvalue weighted by Crippen LogP contribution is -2.21. The van der Waals surface area contributed by atoms with E-state index in [4.69, 9.17) is 9.47 Å². The topological polar surface area (TPSA) is 81.7 Å². The first-order valence-corrected chi connectivity index (χ1v) is 8.61. The monoisotopic (exact) mass is 369 g/mol. The van der Waals surface area contributed by atoms with Crippen LogP contribution in [0.4, 0.5) is 5.69 Å². The van der Waals surface area contributed by atoms with Crippen LogP contribution in [0.3, 0.4) is 0 Å². The van der Waals surface area contributed by atoms with Crippen molar-refractivity contribution in [3.05, 3.63) is 64.7 Å². The summed E-state index contributed by atoms with van der Waals surface area (Å²) in [4.78, 5) is 35.9. The lowest BCUT2D eigenvalue weighted by molar-refractivity contribution is -0.119. The molecule has 2 aromatic carbocycles. The molecule has 1 amide bonds. The SMILES string of the molecule is Cc1ccc(C)c(C(=O)OCC(=O)Nc2ccc(C(=O)OC(C)C)cc2)c1. The van der Waals surface area contributed by atoms with E-state index in [0.29, 0.717) is 16.8 Å². The Bertz CT molecular complexity index is 840. The van der Waals surface area contributed by atoms with Crippen molar-refractivity contribution in [1.82, 2.24) is 0 Å². The second-order valence-corrected chi connectivity index (χ2v) is 6.47. The van der Waals surface area contributed by atoms with Crippen LogP contribution in [0.2, 0.25) is 0 Å². The predicted octanol–water partition coefficient (Wildman–Crippen LogP) is 3.66. The normalized spacial score (nSPS) is 10.4. The molecule has 0 aliphatic heterocycles. The Morgan fingerprint density at radius 1 is 0.963 bits per heavy atom. The van der Waals surface area contributed by atoms with Gasteiger partial charge in [-0.2, -0.15) is 0 Å². The van der Waals surface area contributed by atoms with Crippen LogP contribution in [0.5, 0.6) is 0 Å². The number of esters is 2. The average Bonchev–Trinajstić information content (AvgIpc) is 2.61. The Labute approximate surface area is 158 Å². The zero-order valence-electron chi connectivity index (χ0n) is 15.9. The Balaban J connectivity index is 1.89. The maximum atomic E-state index is 12.1. The number of hydrogen-bond acceptors (Lipinski definition) is 5. The average molecular weight is 369 g/mol. The maximum absolute atomic E-state index is 12.1. The summed E-state index contributed by atoms with van der Waals surface area (Å²) in [5.41, 5.74) is 3.05. The molecule has 0 aromatic heterocycles. The number of carbonyl (C=O) groups is 3. The predicted molar refractivity (Wildman–Crippen MR) is 102 cm³/mol. The van der Waals surface area contributed by atoms with Crippen molar-refractivity contribution in [2.45, 2.75) is 33.8 Å². The van der Waals surface area contributed by atoms with E-state index in [9.17, 15) is 14.4 Å². The largest absolute Gasteiger partial charge is 0.459 e. The van der Waals surface area contributed by atoms with Crippen molar-refractivity contribution in [1.29, 1.82) is 0 Å². The highest BCUT2D eigenvalue weighted by molar-refractivity contribution is 5.96. The molecule has 0 saturated carbocycles. The second-order valence-electron chi connectivity index (χ2n) is 6.47. The van der Waals surface area contributed by atoms with Gasteiger partial charge in [-0.15, -0.1) is 0 Å². The number of anilines is 1. The van der Waals surface area contributed by atoms with Gasteiger partial charge in [0.1, 0.15) is 0 Å². The fourth-order valence-corrected chi connectivity index (χ4v) is 2.33. The third kappa shape index (κ3) is 5.95. The summed E-state index contributed by atoms with van der Waals surface area (Å²) in [7, 11) is 0. The second kappa shape index (κ2) is 8.98. The van der Waals surface area contributed by atoms with Gasteiger partial charge in [-0.1, -0.05) is 17.7 Å². The minimum absolute atomic E-state index is 0.205. The summed E-state index contributed by atoms with van der Waals surface area (Å²) in [6, 6.07) is 11.7. The summed E-state index contributed by atoms with van der Waals surface area (Å²) in [5, 5.41) is 2.61. The van der Waals surface area contributed by atoms with Gasteiger partial charge in [0, 0.05) is 5.69 Å². The van der Waals surface area contributed by atoms with E-state index in [-0.39, 0.29) is 6.10 Å². The Morgan fingerprint density at radius 3 is 2.26 bits per heavy atom. The zero-order valence-corrected chi connectivity index (χ0v) is 15.9. The molecule has 27 heavy (non-hydrogen) atoms. The minimum Gasteiger partial charge on any atom is -0.459 e. The molecule has 0 spiro atoms. The fraction of sp³-hybridized carbons (Fsp3) is 0.286. The highest BCUT2D eigenvalue weighted by Gasteiger charge is 2.14. The van der Waals surface area contributed by atoms with Gasteiger partial charge in [0.05, 0.1) is 17.2 Å². The van der Waals surface area contributed by atoms with Crippen LogP contribution in [0.25, 0.3) is 0 Å². The Kier molecular flexibility index (Phi) is 6.71. The van der Waals surface area contributed by atoms with Crippen LogP contribution in [0, 0.1) is 13.8 Å². The van der Waals surface area contributed by atoms with Gasteiger partial charge < -0.3 is 14.8 Å². The molecule has 0 aliphatic carbocycles. The van der Waals surface area contributed by atoms with Gasteiger partial charge in [-0.3, -0.25) is 4.79 Å². The van der Waals surface area contributed by atoms with Crippen molar-refractivity contribution < 1.29 is 23.9 Å². The van der Waals surface area contributed by atoms with Crippen molar-refractivity contribution in [2.24, 2.45) is 0 Å². The molecule has 0 atom stereocenters. The Hall–Kier alpha value is -3.15. The van der Waals surface area contributed by atoms with Gasteiger partial charge in [0.25, 0.3) is 5.91 Å². The van der Waals surface area contributed by atoms with Gasteiger partial charge in [0.2, 0.25) is 0 Å². The summed E-state index contributed by atoms with van der Waals surface area (Å²) < 4.78 is 10.2. The molecule has 2 rings (SSSR count). The van der Waals surface area contributed by atoms with Crippen molar-refractivity contribution >= 4 is 23.5 Å². The number of amides is 1. The van der Waals surface area contributed by atoms with Crippen LogP contribution in [0.1, 0.15) is 45.7 Å². The lowest BCUT2D eigenvalue weighted by Gasteiger charge is -2.10. The third-order valence-electron chi connectivity index (χ3n) is 3.69. The van der Waals surface area contributed by atoms with Crippen molar-refractivity contribution in [3.63, 3.8) is 0 Å². The lowest BCUT2D eigenvalue weighted by atomic mass is 10.1. The quantitative estimate of drug-likeness (QED) is 0.786. The van der Waals surface area contributed by atoms with Gasteiger partial charge in [0.15, 0.2) is 6.61 Å². The van der Waals surface area contributed by atoms with Crippen LogP contribution in [-0.2, 0) is 14.3 Å². The van der Waals surface area contributed by atoms with Gasteiger partial charge in [-0.25, -0.2) is 9.59 Å². The van der Waals surface area contributed by atoms with E-state index < -0.39 is 24.5 Å². The van der Waals surface area contributed by atoms with Crippen molar-refractivity contribution in [3.8, 4) is 0 Å². The van der Waals surface area contributed by atoms with E-state index in [1.54, 1.807) is 44.2 Å². The number of hydrogen-bond donors (Lipinski definition) is 1. The molecule has 0 unspecified atom stereocenters. The van der Waals surface area contributed by atoms with E-state index >= 15 is 0 Å². The maximum Gasteiger partial charge on any atom is 0.338 e. The van der Waals surface area contributed by atoms with Crippen LogP contribution < -0.4 is 5.32 Å². The smallest absolute Gasteiger partial charge is 0.338 e. The number of rotatable bonds is 6. The van der Waals surface area contributed by atoms with Gasteiger partial charge >= 0.3 is 11.9 Å². The summed E-state index contributed by atoms with van der Waals surface area (Å²) in [6.07, 6.45) is -0.205. The van der Waals surface area contributed by atoms with Crippen LogP contribution >= 0.6 is 0 Å². The van der Waals surface area contributed by atoms with E-state index in [1.165, 1.54) is 0 Å². The first-order valence-electron chi connectivity index (χ1n) is 8.61. The first kappa shape index (κ1) is 20.2. The molecule has 0 fully saturated rings. The minimum atomic E-state index is -0.543. The zero-order chi connectivity index (χ0) is 20.0. The molecular weight excluding hydrogens is 346 g/mol. The molecule has 142 valence electrons. The molecule has 1 N–H and O–H groups in total. The van der Waals surface area contributed by atoms with Crippen LogP contribution in [0.15, 0.2) is 42.5 Å². The molecule has 0 bridgehead atoms.